The molecule has 108 valence electrons. The summed E-state index contributed by atoms with van der Waals surface area (Å²) in [4.78, 5) is 22.1. The Labute approximate surface area is 119 Å². The van der Waals surface area contributed by atoms with Gasteiger partial charge in [0.05, 0.1) is 22.2 Å². The number of nitro groups is 1. The van der Waals surface area contributed by atoms with Gasteiger partial charge in [0.2, 0.25) is 0 Å². The van der Waals surface area contributed by atoms with E-state index in [1.54, 1.807) is 31.3 Å². The fourth-order valence-corrected chi connectivity index (χ4v) is 1.85. The van der Waals surface area contributed by atoms with Gasteiger partial charge in [-0.3, -0.25) is 14.9 Å². The van der Waals surface area contributed by atoms with Crippen molar-refractivity contribution in [3.63, 3.8) is 0 Å². The van der Waals surface area contributed by atoms with E-state index in [1.165, 1.54) is 0 Å². The number of carbonyl (C=O) groups excluding carboxylic acids is 1. The van der Waals surface area contributed by atoms with Gasteiger partial charge in [0.1, 0.15) is 5.82 Å². The third kappa shape index (κ3) is 3.33. The van der Waals surface area contributed by atoms with Gasteiger partial charge in [-0.2, -0.15) is 0 Å². The zero-order valence-corrected chi connectivity index (χ0v) is 11.1. The Morgan fingerprint density at radius 1 is 1.24 bits per heavy atom. The molecule has 0 aliphatic heterocycles. The zero-order valence-electron chi connectivity index (χ0n) is 11.1. The topological polar surface area (TPSA) is 84.3 Å². The molecule has 0 aliphatic rings. The number of nitrogens with zero attached hydrogens (tertiary/aromatic N) is 1. The highest BCUT2D eigenvalue weighted by atomic mass is 19.1. The summed E-state index contributed by atoms with van der Waals surface area (Å²) in [5.41, 5.74) is 0.553. The highest BCUT2D eigenvalue weighted by molar-refractivity contribution is 6.08. The molecular weight excluding hydrogens is 277 g/mol. The lowest BCUT2D eigenvalue weighted by atomic mass is 10.1. The van der Waals surface area contributed by atoms with Crippen molar-refractivity contribution in [3.05, 3.63) is 64.0 Å². The van der Waals surface area contributed by atoms with E-state index in [4.69, 9.17) is 0 Å². The number of nitrogens with one attached hydrogen (secondary N) is 2. The molecule has 2 N–H and O–H groups in total. The van der Waals surface area contributed by atoms with Crippen molar-refractivity contribution >= 4 is 23.0 Å². The summed E-state index contributed by atoms with van der Waals surface area (Å²) in [6, 6.07) is 9.66. The molecule has 0 atom stereocenters. The van der Waals surface area contributed by atoms with Crippen LogP contribution in [0, 0.1) is 15.9 Å². The molecule has 21 heavy (non-hydrogen) atoms. The average molecular weight is 289 g/mol. The van der Waals surface area contributed by atoms with E-state index >= 15 is 0 Å². The van der Waals surface area contributed by atoms with Crippen molar-refractivity contribution in [2.24, 2.45) is 0 Å². The molecule has 2 rings (SSSR count). The van der Waals surface area contributed by atoms with Crippen molar-refractivity contribution in [3.8, 4) is 0 Å². The van der Waals surface area contributed by atoms with E-state index < -0.39 is 22.3 Å². The van der Waals surface area contributed by atoms with Crippen LogP contribution >= 0.6 is 0 Å². The maximum absolute atomic E-state index is 13.3. The van der Waals surface area contributed by atoms with Gasteiger partial charge < -0.3 is 10.6 Å². The largest absolute Gasteiger partial charge is 0.387 e. The number of hydrogen-bond donors (Lipinski definition) is 2. The number of non-ortho nitro benzene ring substituents is 1. The first-order valence-electron chi connectivity index (χ1n) is 6.04. The zero-order chi connectivity index (χ0) is 15.4. The molecule has 0 aliphatic carbocycles. The lowest BCUT2D eigenvalue weighted by molar-refractivity contribution is -0.385. The van der Waals surface area contributed by atoms with Crippen LogP contribution < -0.4 is 10.6 Å². The summed E-state index contributed by atoms with van der Waals surface area (Å²) in [7, 11) is 1.67. The van der Waals surface area contributed by atoms with Crippen molar-refractivity contribution in [2.75, 3.05) is 17.7 Å². The number of benzene rings is 2. The van der Waals surface area contributed by atoms with Crippen LogP contribution in [0.15, 0.2) is 42.5 Å². The van der Waals surface area contributed by atoms with Crippen molar-refractivity contribution in [1.82, 2.24) is 0 Å². The molecule has 0 saturated heterocycles. The lowest BCUT2D eigenvalue weighted by Crippen LogP contribution is -2.14. The van der Waals surface area contributed by atoms with Gasteiger partial charge in [-0.25, -0.2) is 4.39 Å². The van der Waals surface area contributed by atoms with Gasteiger partial charge in [-0.1, -0.05) is 12.1 Å². The molecule has 7 heteroatoms. The number of halogens is 1. The fourth-order valence-electron chi connectivity index (χ4n) is 1.85. The van der Waals surface area contributed by atoms with Crippen LogP contribution in [0.1, 0.15) is 10.4 Å². The SMILES string of the molecule is CNc1ccccc1C(=O)Nc1cc(F)cc([N+](=O)[O-])c1. The number of amides is 1. The normalized spacial score (nSPS) is 10.0. The maximum atomic E-state index is 13.3. The van der Waals surface area contributed by atoms with Crippen LogP contribution in [-0.2, 0) is 0 Å². The third-order valence-corrected chi connectivity index (χ3v) is 2.79. The predicted octanol–water partition coefficient (Wildman–Crippen LogP) is 3.03. The minimum absolute atomic E-state index is 0.0256. The van der Waals surface area contributed by atoms with Gasteiger partial charge in [0, 0.05) is 18.8 Å². The molecule has 1 amide bonds. The Bertz CT molecular complexity index is 704. The number of nitro benzene ring substituents is 1. The molecular formula is C14H12FN3O3. The van der Waals surface area contributed by atoms with E-state index in [9.17, 15) is 19.3 Å². The number of anilines is 2. The number of hydrogen-bond acceptors (Lipinski definition) is 4. The smallest absolute Gasteiger partial charge is 0.274 e. The van der Waals surface area contributed by atoms with E-state index in [0.29, 0.717) is 11.3 Å². The second-order valence-electron chi connectivity index (χ2n) is 4.20. The molecule has 0 spiro atoms. The van der Waals surface area contributed by atoms with Crippen LogP contribution in [0.2, 0.25) is 0 Å². The summed E-state index contributed by atoms with van der Waals surface area (Å²) in [6.07, 6.45) is 0. The first-order valence-corrected chi connectivity index (χ1v) is 6.04. The highest BCUT2D eigenvalue weighted by Gasteiger charge is 2.14. The quantitative estimate of drug-likeness (QED) is 0.669. The van der Waals surface area contributed by atoms with Gasteiger partial charge in [0.15, 0.2) is 0 Å². The molecule has 2 aromatic rings. The molecule has 0 heterocycles. The minimum Gasteiger partial charge on any atom is -0.387 e. The molecule has 6 nitrogen and oxygen atoms in total. The van der Waals surface area contributed by atoms with Gasteiger partial charge in [-0.05, 0) is 18.2 Å². The van der Waals surface area contributed by atoms with Crippen LogP contribution in [0.4, 0.5) is 21.5 Å². The molecule has 0 radical (unpaired) electrons. The second kappa shape index (κ2) is 6.00. The van der Waals surface area contributed by atoms with Crippen LogP contribution in [-0.4, -0.2) is 17.9 Å². The number of carbonyl (C=O) groups is 1. The first-order chi connectivity index (χ1) is 10.0. The molecule has 0 bridgehead atoms. The van der Waals surface area contributed by atoms with E-state index in [2.05, 4.69) is 10.6 Å². The maximum Gasteiger partial charge on any atom is 0.274 e. The van der Waals surface area contributed by atoms with E-state index in [1.807, 2.05) is 0 Å². The Morgan fingerprint density at radius 2 is 1.95 bits per heavy atom. The third-order valence-electron chi connectivity index (χ3n) is 2.79. The summed E-state index contributed by atoms with van der Waals surface area (Å²) >= 11 is 0. The monoisotopic (exact) mass is 289 g/mol. The molecule has 0 saturated carbocycles. The Morgan fingerprint density at radius 3 is 2.62 bits per heavy atom. The molecule has 0 fully saturated rings. The van der Waals surface area contributed by atoms with Crippen molar-refractivity contribution < 1.29 is 14.1 Å². The van der Waals surface area contributed by atoms with E-state index in [-0.39, 0.29) is 5.69 Å². The Hall–Kier alpha value is -2.96. The minimum atomic E-state index is -0.790. The van der Waals surface area contributed by atoms with Crippen molar-refractivity contribution in [2.45, 2.75) is 0 Å². The van der Waals surface area contributed by atoms with Gasteiger partial charge in [-0.15, -0.1) is 0 Å². The highest BCUT2D eigenvalue weighted by Crippen LogP contribution is 2.22. The van der Waals surface area contributed by atoms with Crippen LogP contribution in [0.3, 0.4) is 0 Å². The van der Waals surface area contributed by atoms with Gasteiger partial charge >= 0.3 is 0 Å². The van der Waals surface area contributed by atoms with Crippen LogP contribution in [0.25, 0.3) is 0 Å². The number of rotatable bonds is 4. The van der Waals surface area contributed by atoms with Crippen molar-refractivity contribution in [1.29, 1.82) is 0 Å². The molecule has 2 aromatic carbocycles. The Kier molecular flexibility index (Phi) is 4.13. The fraction of sp³-hybridized carbons (Fsp3) is 0.0714. The summed E-state index contributed by atoms with van der Waals surface area (Å²) < 4.78 is 13.3. The predicted molar refractivity (Wildman–Crippen MR) is 77.0 cm³/mol. The summed E-state index contributed by atoms with van der Waals surface area (Å²) in [5.74, 6) is -1.28. The Balaban J connectivity index is 2.29. The van der Waals surface area contributed by atoms with E-state index in [0.717, 1.165) is 18.2 Å². The van der Waals surface area contributed by atoms with Crippen LogP contribution in [0.5, 0.6) is 0 Å². The lowest BCUT2D eigenvalue weighted by Gasteiger charge is -2.09. The second-order valence-corrected chi connectivity index (χ2v) is 4.20. The van der Waals surface area contributed by atoms with Gasteiger partial charge in [0.25, 0.3) is 11.6 Å². The first kappa shape index (κ1) is 14.4. The average Bonchev–Trinajstić information content (AvgIpc) is 2.46. The number of para-hydroxylation sites is 1. The summed E-state index contributed by atoms with van der Waals surface area (Å²) in [6.45, 7) is 0. The molecule has 0 unspecified atom stereocenters. The standard InChI is InChI=1S/C14H12FN3O3/c1-16-13-5-3-2-4-12(13)14(19)17-10-6-9(15)7-11(8-10)18(20)21/h2-8,16H,1H3,(H,17,19). The summed E-state index contributed by atoms with van der Waals surface area (Å²) in [5, 5.41) is 16.0. The molecule has 0 aromatic heterocycles.